The van der Waals surface area contributed by atoms with Crippen LogP contribution in [0.4, 0.5) is 8.78 Å². The van der Waals surface area contributed by atoms with Crippen molar-refractivity contribution < 1.29 is 28.2 Å². The summed E-state index contributed by atoms with van der Waals surface area (Å²) in [6, 6.07) is 15.3. The van der Waals surface area contributed by atoms with Gasteiger partial charge in [0.25, 0.3) is 0 Å². The maximum atomic E-state index is 15.7. The molecule has 6 aromatic rings. The third-order valence-corrected chi connectivity index (χ3v) is 9.55. The van der Waals surface area contributed by atoms with Crippen LogP contribution in [0.3, 0.4) is 0 Å². The molecule has 3 aromatic carbocycles. The number of nitrogens with one attached hydrogen (secondary N) is 2. The zero-order chi connectivity index (χ0) is 34.8. The van der Waals surface area contributed by atoms with E-state index in [2.05, 4.69) is 44.3 Å². The molecule has 7 rings (SSSR count). The first kappa shape index (κ1) is 33.2. The van der Waals surface area contributed by atoms with Crippen LogP contribution in [0.5, 0.6) is 11.5 Å². The first-order chi connectivity index (χ1) is 24.2. The summed E-state index contributed by atoms with van der Waals surface area (Å²) < 4.78 is 44.2. The van der Waals surface area contributed by atoms with E-state index in [1.807, 2.05) is 12.1 Å². The van der Waals surface area contributed by atoms with Crippen molar-refractivity contribution in [3.05, 3.63) is 113 Å². The molecule has 4 heterocycles. The predicted molar refractivity (Wildman–Crippen MR) is 183 cm³/mol. The molecule has 3 aromatic heterocycles. The zero-order valence-corrected chi connectivity index (χ0v) is 27.9. The molecule has 3 N–H and O–H groups in total. The lowest BCUT2D eigenvalue weighted by atomic mass is 9.75. The molecule has 0 saturated heterocycles. The van der Waals surface area contributed by atoms with Crippen molar-refractivity contribution in [1.29, 1.82) is 0 Å². The largest absolute Gasteiger partial charge is 0.466 e. The van der Waals surface area contributed by atoms with E-state index in [1.165, 1.54) is 24.3 Å². The van der Waals surface area contributed by atoms with E-state index in [9.17, 15) is 9.90 Å². The summed E-state index contributed by atoms with van der Waals surface area (Å²) in [5, 5.41) is 20.6. The first-order valence-corrected chi connectivity index (χ1v) is 16.9. The van der Waals surface area contributed by atoms with E-state index >= 15 is 8.78 Å². The minimum atomic E-state index is -1.35. The van der Waals surface area contributed by atoms with Gasteiger partial charge in [0.1, 0.15) is 29.2 Å². The molecule has 0 fully saturated rings. The van der Waals surface area contributed by atoms with Crippen LogP contribution in [0.15, 0.2) is 73.2 Å². The summed E-state index contributed by atoms with van der Waals surface area (Å²) in [5.41, 5.74) is 3.36. The van der Waals surface area contributed by atoms with Gasteiger partial charge < -0.3 is 24.5 Å². The van der Waals surface area contributed by atoms with Crippen molar-refractivity contribution in [3.63, 3.8) is 0 Å². The lowest BCUT2D eigenvalue weighted by Crippen LogP contribution is -2.24. The molecule has 1 aliphatic heterocycles. The Morgan fingerprint density at radius 2 is 2.00 bits per heavy atom. The Kier molecular flexibility index (Phi) is 9.20. The summed E-state index contributed by atoms with van der Waals surface area (Å²) in [5.74, 6) is -1.24. The summed E-state index contributed by atoms with van der Waals surface area (Å²) >= 11 is 0. The average molecular weight is 681 g/mol. The topological polar surface area (TPSA) is 131 Å². The maximum absolute atomic E-state index is 15.7. The summed E-state index contributed by atoms with van der Waals surface area (Å²) in [6.07, 6.45) is 7.82. The second-order valence-corrected chi connectivity index (χ2v) is 12.9. The fourth-order valence-corrected chi connectivity index (χ4v) is 6.77. The Bertz CT molecular complexity index is 2160. The summed E-state index contributed by atoms with van der Waals surface area (Å²) in [6.45, 7) is 4.85. The van der Waals surface area contributed by atoms with Crippen molar-refractivity contribution in [3.8, 4) is 22.9 Å². The Balaban J connectivity index is 1.30. The maximum Gasteiger partial charge on any atom is 0.306 e. The van der Waals surface area contributed by atoms with E-state index in [0.29, 0.717) is 36.3 Å². The number of aliphatic hydroxyl groups is 1. The molecule has 0 radical (unpaired) electrons. The number of nitrogens with zero attached hydrogens (tertiary/aromatic N) is 4. The fourth-order valence-electron chi connectivity index (χ4n) is 6.77. The molecule has 6 bridgehead atoms. The molecular formula is C38H38F2N6O4. The van der Waals surface area contributed by atoms with Gasteiger partial charge in [-0.25, -0.2) is 13.8 Å². The number of rotatable bonds is 5. The number of carbonyl (C=O) groups is 1. The number of fused-ring (bicyclic) bond motifs is 10. The van der Waals surface area contributed by atoms with Crippen LogP contribution in [0.2, 0.25) is 0 Å². The monoisotopic (exact) mass is 680 g/mol. The van der Waals surface area contributed by atoms with Crippen LogP contribution in [0.1, 0.15) is 80.1 Å². The second kappa shape index (κ2) is 13.9. The normalized spacial score (nSPS) is 18.1. The number of halogens is 2. The van der Waals surface area contributed by atoms with Crippen LogP contribution >= 0.6 is 0 Å². The molecule has 1 aliphatic rings. The van der Waals surface area contributed by atoms with Gasteiger partial charge in [-0.3, -0.25) is 9.48 Å². The van der Waals surface area contributed by atoms with Gasteiger partial charge in [-0.15, -0.1) is 5.10 Å². The van der Waals surface area contributed by atoms with E-state index in [1.54, 1.807) is 36.3 Å². The molecule has 0 saturated carbocycles. The number of aromatic nitrogens is 6. The Labute approximate surface area is 287 Å². The van der Waals surface area contributed by atoms with Gasteiger partial charge >= 0.3 is 5.97 Å². The summed E-state index contributed by atoms with van der Waals surface area (Å²) in [4.78, 5) is 23.1. The number of benzene rings is 3. The number of aromatic amines is 2. The third kappa shape index (κ3) is 6.50. The van der Waals surface area contributed by atoms with Crippen molar-refractivity contribution in [1.82, 2.24) is 29.9 Å². The standard InChI is InChI=1S/C38H38F2N6O4/c1-3-49-33(47)13-10-23-8-7-9-24(18-23)38(2)15-5-4-6-17-46-22-31(44-45-46)35(48)34-26-14-16-41-30(26)20-29(40)36(34)50-25-11-12-28(39)27(19-25)37-42-21-32(38)43-37/h7-9,11-12,14,16,18-22,35,41,48H,3-6,10,13,15,17H2,1-2H3,(H,42,43). The highest BCUT2D eigenvalue weighted by molar-refractivity contribution is 5.86. The van der Waals surface area contributed by atoms with Crippen molar-refractivity contribution in [2.24, 2.45) is 0 Å². The number of imidazole rings is 1. The van der Waals surface area contributed by atoms with Crippen LogP contribution < -0.4 is 4.74 Å². The Morgan fingerprint density at radius 3 is 2.86 bits per heavy atom. The predicted octanol–water partition coefficient (Wildman–Crippen LogP) is 7.68. The molecule has 0 aliphatic carbocycles. The molecule has 258 valence electrons. The van der Waals surface area contributed by atoms with E-state index in [0.717, 1.165) is 42.5 Å². The SMILES string of the molecule is CCOC(=O)CCc1cccc(C2(C)CCCCCn3cc(nn3)C(O)c3c(c(F)cc4[nH]ccc34)Oc3ccc(F)c(c3)-c3ncc2[nH]3)c1. The van der Waals surface area contributed by atoms with E-state index in [4.69, 9.17) is 9.47 Å². The number of H-pyrrole nitrogens is 2. The van der Waals surface area contributed by atoms with Crippen LogP contribution in [-0.2, 0) is 27.9 Å². The molecule has 0 spiro atoms. The van der Waals surface area contributed by atoms with Gasteiger partial charge in [0.05, 0.1) is 18.4 Å². The fraction of sp³-hybridized carbons (Fsp3) is 0.316. The zero-order valence-electron chi connectivity index (χ0n) is 27.9. The first-order valence-electron chi connectivity index (χ1n) is 16.9. The summed E-state index contributed by atoms with van der Waals surface area (Å²) in [7, 11) is 0. The van der Waals surface area contributed by atoms with Gasteiger partial charge in [0.15, 0.2) is 11.6 Å². The molecule has 2 atom stereocenters. The highest BCUT2D eigenvalue weighted by atomic mass is 19.1. The highest BCUT2D eigenvalue weighted by Crippen LogP contribution is 2.42. The van der Waals surface area contributed by atoms with Crippen molar-refractivity contribution >= 4 is 16.9 Å². The number of aryl methyl sites for hydroxylation is 2. The van der Waals surface area contributed by atoms with E-state index in [-0.39, 0.29) is 40.7 Å². The lowest BCUT2D eigenvalue weighted by Gasteiger charge is -2.30. The van der Waals surface area contributed by atoms with Crippen LogP contribution in [0.25, 0.3) is 22.3 Å². The minimum Gasteiger partial charge on any atom is -0.466 e. The Morgan fingerprint density at radius 1 is 1.12 bits per heavy atom. The number of aliphatic hydroxyl groups excluding tert-OH is 1. The van der Waals surface area contributed by atoms with Crippen molar-refractivity contribution in [2.45, 2.75) is 70.4 Å². The molecule has 10 nitrogen and oxygen atoms in total. The molecule has 0 amide bonds. The minimum absolute atomic E-state index is 0.144. The van der Waals surface area contributed by atoms with Gasteiger partial charge in [-0.1, -0.05) is 42.3 Å². The van der Waals surface area contributed by atoms with Gasteiger partial charge in [-0.05, 0) is 68.5 Å². The lowest BCUT2D eigenvalue weighted by molar-refractivity contribution is -0.143. The quantitative estimate of drug-likeness (QED) is 0.159. The number of hydrogen-bond acceptors (Lipinski definition) is 7. The number of carbonyl (C=O) groups excluding carboxylic acids is 1. The van der Waals surface area contributed by atoms with Crippen molar-refractivity contribution in [2.75, 3.05) is 6.61 Å². The molecule has 2 unspecified atom stereocenters. The Hall–Kier alpha value is -5.36. The smallest absolute Gasteiger partial charge is 0.306 e. The van der Waals surface area contributed by atoms with Gasteiger partial charge in [0, 0.05) is 59.0 Å². The molecular weight excluding hydrogens is 642 g/mol. The van der Waals surface area contributed by atoms with Crippen LogP contribution in [0, 0.1) is 11.6 Å². The third-order valence-electron chi connectivity index (χ3n) is 9.55. The number of esters is 1. The van der Waals surface area contributed by atoms with Gasteiger partial charge in [-0.2, -0.15) is 0 Å². The average Bonchev–Trinajstić information content (AvgIpc) is 3.90. The van der Waals surface area contributed by atoms with E-state index < -0.39 is 23.2 Å². The molecule has 12 heteroatoms. The second-order valence-electron chi connectivity index (χ2n) is 12.9. The number of ether oxygens (including phenoxy) is 2. The number of hydrogen-bond donors (Lipinski definition) is 3. The van der Waals surface area contributed by atoms with Gasteiger partial charge in [0.2, 0.25) is 0 Å². The highest BCUT2D eigenvalue weighted by Gasteiger charge is 2.32. The van der Waals surface area contributed by atoms with Crippen LogP contribution in [-0.4, -0.2) is 47.6 Å². The molecule has 50 heavy (non-hydrogen) atoms.